The number of carbonyl (C=O) groups is 1. The second-order valence-electron chi connectivity index (χ2n) is 6.64. The number of morpholine rings is 1. The van der Waals surface area contributed by atoms with Crippen LogP contribution in [0.25, 0.3) is 0 Å². The minimum atomic E-state index is 0.246. The quantitative estimate of drug-likeness (QED) is 0.784. The molecule has 138 valence electrons. The molecule has 1 atom stereocenters. The van der Waals surface area contributed by atoms with Crippen LogP contribution in [0.2, 0.25) is 0 Å². The summed E-state index contributed by atoms with van der Waals surface area (Å²) >= 11 is 0. The highest BCUT2D eigenvalue weighted by atomic mass is 16.5. The van der Waals surface area contributed by atoms with E-state index in [4.69, 9.17) is 14.2 Å². The van der Waals surface area contributed by atoms with Gasteiger partial charge < -0.3 is 19.1 Å². The molecule has 1 aromatic rings. The Kier molecular flexibility index (Phi) is 6.15. The van der Waals surface area contributed by atoms with Crippen molar-refractivity contribution in [3.8, 4) is 11.5 Å². The first-order valence-electron chi connectivity index (χ1n) is 9.01. The third-order valence-corrected chi connectivity index (χ3v) is 5.16. The average molecular weight is 348 g/mol. The van der Waals surface area contributed by atoms with Gasteiger partial charge >= 0.3 is 0 Å². The van der Waals surface area contributed by atoms with Crippen molar-refractivity contribution in [2.45, 2.75) is 18.8 Å². The van der Waals surface area contributed by atoms with Gasteiger partial charge in [-0.3, -0.25) is 9.69 Å². The molecule has 3 rings (SSSR count). The third kappa shape index (κ3) is 4.44. The molecule has 2 fully saturated rings. The predicted octanol–water partition coefficient (Wildman–Crippen LogP) is 1.74. The second-order valence-corrected chi connectivity index (χ2v) is 6.64. The summed E-state index contributed by atoms with van der Waals surface area (Å²) in [6.45, 7) is 5.79. The number of nitrogens with zero attached hydrogens (tertiary/aromatic N) is 2. The van der Waals surface area contributed by atoms with Crippen LogP contribution in [0.3, 0.4) is 0 Å². The maximum absolute atomic E-state index is 12.6. The molecular formula is C19H28N2O4. The smallest absolute Gasteiger partial charge is 0.223 e. The van der Waals surface area contributed by atoms with Gasteiger partial charge in [0.05, 0.1) is 27.4 Å². The number of benzene rings is 1. The van der Waals surface area contributed by atoms with Crippen LogP contribution in [0.15, 0.2) is 18.2 Å². The van der Waals surface area contributed by atoms with Crippen molar-refractivity contribution < 1.29 is 19.0 Å². The molecule has 2 saturated heterocycles. The molecule has 25 heavy (non-hydrogen) atoms. The number of hydrogen-bond acceptors (Lipinski definition) is 5. The van der Waals surface area contributed by atoms with Crippen LogP contribution in [0, 0.1) is 0 Å². The number of ether oxygens (including phenoxy) is 3. The summed E-state index contributed by atoms with van der Waals surface area (Å²) in [5.74, 6) is 2.24. The molecule has 2 heterocycles. The maximum atomic E-state index is 12.6. The SMILES string of the molecule is COc1ccc(OC)c([C@H]2CCN(C(=O)CCN3CCOCC3)C2)c1. The second kappa shape index (κ2) is 8.54. The molecule has 0 unspecified atom stereocenters. The number of methoxy groups -OCH3 is 2. The Labute approximate surface area is 149 Å². The first-order chi connectivity index (χ1) is 12.2. The van der Waals surface area contributed by atoms with Gasteiger partial charge in [-0.2, -0.15) is 0 Å². The van der Waals surface area contributed by atoms with E-state index in [9.17, 15) is 4.79 Å². The molecule has 1 aromatic carbocycles. The highest BCUT2D eigenvalue weighted by Gasteiger charge is 2.29. The van der Waals surface area contributed by atoms with Crippen molar-refractivity contribution in [3.05, 3.63) is 23.8 Å². The summed E-state index contributed by atoms with van der Waals surface area (Å²) in [7, 11) is 3.35. The topological polar surface area (TPSA) is 51.2 Å². The number of amides is 1. The van der Waals surface area contributed by atoms with Gasteiger partial charge in [0, 0.05) is 50.6 Å². The highest BCUT2D eigenvalue weighted by molar-refractivity contribution is 5.76. The van der Waals surface area contributed by atoms with Crippen molar-refractivity contribution in [1.29, 1.82) is 0 Å². The Morgan fingerprint density at radius 1 is 1.20 bits per heavy atom. The summed E-state index contributed by atoms with van der Waals surface area (Å²) in [6.07, 6.45) is 1.55. The van der Waals surface area contributed by atoms with Crippen LogP contribution in [-0.2, 0) is 9.53 Å². The molecular weight excluding hydrogens is 320 g/mol. The van der Waals surface area contributed by atoms with Crippen LogP contribution in [0.5, 0.6) is 11.5 Å². The van der Waals surface area contributed by atoms with Crippen LogP contribution >= 0.6 is 0 Å². The zero-order valence-electron chi connectivity index (χ0n) is 15.2. The van der Waals surface area contributed by atoms with Crippen LogP contribution in [-0.4, -0.2) is 75.9 Å². The molecule has 0 spiro atoms. The van der Waals surface area contributed by atoms with Crippen LogP contribution in [0.1, 0.15) is 24.3 Å². The van der Waals surface area contributed by atoms with Gasteiger partial charge in [-0.1, -0.05) is 0 Å². The fraction of sp³-hybridized carbons (Fsp3) is 0.632. The van der Waals surface area contributed by atoms with E-state index in [2.05, 4.69) is 4.90 Å². The number of likely N-dealkylation sites (tertiary alicyclic amines) is 1. The Hall–Kier alpha value is -1.79. The van der Waals surface area contributed by atoms with E-state index < -0.39 is 0 Å². The summed E-state index contributed by atoms with van der Waals surface area (Å²) < 4.78 is 16.2. The molecule has 2 aliphatic rings. The molecule has 0 radical (unpaired) electrons. The first-order valence-corrected chi connectivity index (χ1v) is 9.01. The van der Waals surface area contributed by atoms with E-state index in [1.807, 2.05) is 23.1 Å². The lowest BCUT2D eigenvalue weighted by atomic mass is 9.97. The molecule has 0 aliphatic carbocycles. The molecule has 1 amide bonds. The van der Waals surface area contributed by atoms with Gasteiger partial charge in [0.2, 0.25) is 5.91 Å². The average Bonchev–Trinajstić information content (AvgIpc) is 3.16. The fourth-order valence-corrected chi connectivity index (χ4v) is 3.64. The highest BCUT2D eigenvalue weighted by Crippen LogP contribution is 2.36. The van der Waals surface area contributed by atoms with Crippen molar-refractivity contribution >= 4 is 5.91 Å². The zero-order valence-corrected chi connectivity index (χ0v) is 15.2. The lowest BCUT2D eigenvalue weighted by molar-refractivity contribution is -0.130. The molecule has 6 heteroatoms. The van der Waals surface area contributed by atoms with Crippen molar-refractivity contribution in [2.24, 2.45) is 0 Å². The lowest BCUT2D eigenvalue weighted by Crippen LogP contribution is -2.39. The van der Waals surface area contributed by atoms with Gasteiger partial charge in [0.15, 0.2) is 0 Å². The largest absolute Gasteiger partial charge is 0.497 e. The number of rotatable bonds is 6. The Balaban J connectivity index is 1.56. The summed E-state index contributed by atoms with van der Waals surface area (Å²) in [5.41, 5.74) is 1.13. The van der Waals surface area contributed by atoms with Crippen LogP contribution < -0.4 is 9.47 Å². The van der Waals surface area contributed by atoms with E-state index >= 15 is 0 Å². The monoisotopic (exact) mass is 348 g/mol. The number of carbonyl (C=O) groups excluding carboxylic acids is 1. The van der Waals surface area contributed by atoms with Crippen LogP contribution in [0.4, 0.5) is 0 Å². The number of hydrogen-bond donors (Lipinski definition) is 0. The Morgan fingerprint density at radius 3 is 2.72 bits per heavy atom. The summed E-state index contributed by atoms with van der Waals surface area (Å²) in [5, 5.41) is 0. The first kappa shape index (κ1) is 18.0. The molecule has 0 saturated carbocycles. The standard InChI is InChI=1S/C19H28N2O4/c1-23-16-3-4-18(24-2)17(13-16)15-5-8-21(14-15)19(22)6-7-20-9-11-25-12-10-20/h3-4,13,15H,5-12,14H2,1-2H3/t15-/m0/s1. The normalized spacial score (nSPS) is 21.4. The van der Waals surface area contributed by atoms with Crippen molar-refractivity contribution in [2.75, 3.05) is 60.2 Å². The van der Waals surface area contributed by atoms with Crippen molar-refractivity contribution in [1.82, 2.24) is 9.80 Å². The van der Waals surface area contributed by atoms with Gasteiger partial charge in [-0.25, -0.2) is 0 Å². The summed E-state index contributed by atoms with van der Waals surface area (Å²) in [6, 6.07) is 5.88. The van der Waals surface area contributed by atoms with Gasteiger partial charge in [0.25, 0.3) is 0 Å². The predicted molar refractivity (Wildman–Crippen MR) is 95.4 cm³/mol. The molecule has 0 bridgehead atoms. The molecule has 0 N–H and O–H groups in total. The molecule has 6 nitrogen and oxygen atoms in total. The van der Waals surface area contributed by atoms with Gasteiger partial charge in [-0.05, 0) is 24.6 Å². The minimum absolute atomic E-state index is 0.246. The lowest BCUT2D eigenvalue weighted by Gasteiger charge is -2.27. The van der Waals surface area contributed by atoms with E-state index in [1.165, 1.54) is 0 Å². The van der Waals surface area contributed by atoms with E-state index in [1.54, 1.807) is 14.2 Å². The minimum Gasteiger partial charge on any atom is -0.497 e. The molecule has 0 aromatic heterocycles. The van der Waals surface area contributed by atoms with Crippen molar-refractivity contribution in [3.63, 3.8) is 0 Å². The van der Waals surface area contributed by atoms with Gasteiger partial charge in [-0.15, -0.1) is 0 Å². The third-order valence-electron chi connectivity index (χ3n) is 5.16. The Bertz CT molecular complexity index is 587. The summed E-state index contributed by atoms with van der Waals surface area (Å²) in [4.78, 5) is 16.9. The fourth-order valence-electron chi connectivity index (χ4n) is 3.64. The molecule has 2 aliphatic heterocycles. The van der Waals surface area contributed by atoms with Gasteiger partial charge in [0.1, 0.15) is 11.5 Å². The van der Waals surface area contributed by atoms with E-state index in [0.29, 0.717) is 12.3 Å². The van der Waals surface area contributed by atoms with E-state index in [-0.39, 0.29) is 5.91 Å². The Morgan fingerprint density at radius 2 is 2.00 bits per heavy atom. The maximum Gasteiger partial charge on any atom is 0.223 e. The van der Waals surface area contributed by atoms with E-state index in [0.717, 1.165) is 69.4 Å². The zero-order chi connectivity index (χ0) is 17.6.